The molecule has 1 fully saturated rings. The van der Waals surface area contributed by atoms with Gasteiger partial charge in [0, 0.05) is 37.8 Å². The van der Waals surface area contributed by atoms with Crippen LogP contribution in [0.2, 0.25) is 0 Å². The molecule has 200 valence electrons. The topological polar surface area (TPSA) is 108 Å². The second-order valence-electron chi connectivity index (χ2n) is 8.99. The predicted molar refractivity (Wildman–Crippen MR) is 139 cm³/mol. The van der Waals surface area contributed by atoms with Crippen LogP contribution in [0.25, 0.3) is 11.1 Å². The molecule has 2 N–H and O–H groups in total. The molecule has 37 heavy (non-hydrogen) atoms. The number of rotatable bonds is 8. The van der Waals surface area contributed by atoms with Crippen molar-refractivity contribution in [3.05, 3.63) is 35.4 Å². The average molecular weight is 514 g/mol. The second-order valence-corrected chi connectivity index (χ2v) is 8.99. The van der Waals surface area contributed by atoms with Crippen LogP contribution in [0.3, 0.4) is 0 Å². The molecule has 2 aliphatic rings. The highest BCUT2D eigenvalue weighted by molar-refractivity contribution is 5.88. The van der Waals surface area contributed by atoms with Gasteiger partial charge in [-0.25, -0.2) is 4.79 Å². The number of fused-ring (bicyclic) bond motifs is 3. The van der Waals surface area contributed by atoms with Gasteiger partial charge < -0.3 is 29.0 Å². The summed E-state index contributed by atoms with van der Waals surface area (Å²) in [6.07, 6.45) is 0.811. The fourth-order valence-corrected chi connectivity index (χ4v) is 4.95. The van der Waals surface area contributed by atoms with Crippen molar-refractivity contribution in [2.24, 2.45) is 0 Å². The fraction of sp³-hybridized carbons (Fsp3) is 0.481. The minimum atomic E-state index is -0.526. The third kappa shape index (κ3) is 6.08. The van der Waals surface area contributed by atoms with Gasteiger partial charge in [0.25, 0.3) is 0 Å². The van der Waals surface area contributed by atoms with E-state index in [1.165, 1.54) is 6.92 Å². The largest absolute Gasteiger partial charge is 0.493 e. The molecule has 10 heteroatoms. The van der Waals surface area contributed by atoms with E-state index >= 15 is 0 Å². The standard InChI is InChI=1S/C27H35N3O7/c1-17(31)28-22-8-5-18-15-23(33-2)25(34-3)26(35-4)24(18)20-7-6-19(16-21(20)22)29-27(32)37-14-11-30-9-12-36-13-10-30/h6-7,15-16,22H,5,8-14H2,1-4H3,(H,28,31)(H,29,32)/t22-/m0/s1. The highest BCUT2D eigenvalue weighted by Gasteiger charge is 2.29. The first-order valence-corrected chi connectivity index (χ1v) is 12.4. The summed E-state index contributed by atoms with van der Waals surface area (Å²) in [4.78, 5) is 26.8. The van der Waals surface area contributed by atoms with Gasteiger partial charge in [-0.2, -0.15) is 0 Å². The summed E-state index contributed by atoms with van der Waals surface area (Å²) in [6, 6.07) is 7.31. The molecule has 4 rings (SSSR count). The Balaban J connectivity index is 1.62. The van der Waals surface area contributed by atoms with Gasteiger partial charge in [0.1, 0.15) is 6.61 Å². The maximum Gasteiger partial charge on any atom is 0.411 e. The molecule has 0 unspecified atom stereocenters. The van der Waals surface area contributed by atoms with Crippen molar-refractivity contribution in [1.82, 2.24) is 10.2 Å². The summed E-state index contributed by atoms with van der Waals surface area (Å²) >= 11 is 0. The lowest BCUT2D eigenvalue weighted by Crippen LogP contribution is -2.38. The molecule has 0 spiro atoms. The number of hydrogen-bond donors (Lipinski definition) is 2. The Morgan fingerprint density at radius 2 is 1.81 bits per heavy atom. The van der Waals surface area contributed by atoms with Crippen LogP contribution < -0.4 is 24.8 Å². The molecule has 1 atom stereocenters. The Kier molecular flexibility index (Phi) is 8.73. The minimum absolute atomic E-state index is 0.134. The van der Waals surface area contributed by atoms with E-state index in [1.807, 2.05) is 24.3 Å². The molecular formula is C27H35N3O7. The molecule has 2 aromatic rings. The quantitative estimate of drug-likeness (QED) is 0.553. The number of nitrogens with one attached hydrogen (secondary N) is 2. The Morgan fingerprint density at radius 3 is 2.49 bits per heavy atom. The summed E-state index contributed by atoms with van der Waals surface area (Å²) in [6.45, 7) is 5.51. The number of ether oxygens (including phenoxy) is 5. The van der Waals surface area contributed by atoms with E-state index in [0.29, 0.717) is 55.5 Å². The summed E-state index contributed by atoms with van der Waals surface area (Å²) in [5, 5.41) is 5.88. The molecule has 10 nitrogen and oxygen atoms in total. The first kappa shape index (κ1) is 26.6. The fourth-order valence-electron chi connectivity index (χ4n) is 4.95. The second kappa shape index (κ2) is 12.2. The highest BCUT2D eigenvalue weighted by Crippen LogP contribution is 2.50. The van der Waals surface area contributed by atoms with Gasteiger partial charge in [0.2, 0.25) is 11.7 Å². The van der Waals surface area contributed by atoms with Crippen molar-refractivity contribution in [2.45, 2.75) is 25.8 Å². The molecule has 2 aromatic carbocycles. The van der Waals surface area contributed by atoms with Crippen LogP contribution in [0.5, 0.6) is 17.2 Å². The smallest absolute Gasteiger partial charge is 0.411 e. The number of benzene rings is 2. The third-order valence-electron chi connectivity index (χ3n) is 6.68. The van der Waals surface area contributed by atoms with Gasteiger partial charge in [-0.05, 0) is 47.7 Å². The molecule has 1 aliphatic carbocycles. The molecule has 2 amide bonds. The lowest BCUT2D eigenvalue weighted by Gasteiger charge is -2.26. The molecule has 0 saturated carbocycles. The molecule has 1 aliphatic heterocycles. The van der Waals surface area contributed by atoms with E-state index < -0.39 is 6.09 Å². The Morgan fingerprint density at radius 1 is 1.05 bits per heavy atom. The van der Waals surface area contributed by atoms with Crippen LogP contribution in [0.15, 0.2) is 24.3 Å². The lowest BCUT2D eigenvalue weighted by atomic mass is 9.93. The number of amides is 2. The number of morpholine rings is 1. The minimum Gasteiger partial charge on any atom is -0.493 e. The van der Waals surface area contributed by atoms with Crippen LogP contribution in [0.1, 0.15) is 30.5 Å². The molecular weight excluding hydrogens is 478 g/mol. The number of nitrogens with zero attached hydrogens (tertiary/aromatic N) is 1. The van der Waals surface area contributed by atoms with E-state index in [1.54, 1.807) is 21.3 Å². The number of carbonyl (C=O) groups excluding carboxylic acids is 2. The van der Waals surface area contributed by atoms with Gasteiger partial charge in [-0.15, -0.1) is 0 Å². The van der Waals surface area contributed by atoms with E-state index in [9.17, 15) is 9.59 Å². The van der Waals surface area contributed by atoms with Crippen molar-refractivity contribution in [3.8, 4) is 28.4 Å². The number of aryl methyl sites for hydroxylation is 1. The zero-order valence-electron chi connectivity index (χ0n) is 21.8. The summed E-state index contributed by atoms with van der Waals surface area (Å²) in [5.74, 6) is 1.50. The SMILES string of the molecule is COc1cc2c(c(OC)c1OC)-c1ccc(NC(=O)OCCN3CCOCC3)cc1[C@@H](NC(C)=O)CC2. The van der Waals surface area contributed by atoms with Gasteiger partial charge in [-0.3, -0.25) is 15.0 Å². The van der Waals surface area contributed by atoms with E-state index in [0.717, 1.165) is 35.3 Å². The van der Waals surface area contributed by atoms with Gasteiger partial charge in [0.15, 0.2) is 11.5 Å². The maximum absolute atomic E-state index is 12.5. The highest BCUT2D eigenvalue weighted by atomic mass is 16.5. The van der Waals surface area contributed by atoms with Crippen molar-refractivity contribution in [2.75, 3.05) is 66.1 Å². The molecule has 1 heterocycles. The Labute approximate surface area is 217 Å². The third-order valence-corrected chi connectivity index (χ3v) is 6.68. The molecule has 0 aromatic heterocycles. The van der Waals surface area contributed by atoms with Crippen LogP contribution >= 0.6 is 0 Å². The van der Waals surface area contributed by atoms with Crippen LogP contribution in [-0.4, -0.2) is 77.7 Å². The first-order valence-electron chi connectivity index (χ1n) is 12.4. The summed E-state index contributed by atoms with van der Waals surface area (Å²) in [7, 11) is 4.75. The zero-order valence-corrected chi connectivity index (χ0v) is 21.8. The normalized spacial score (nSPS) is 17.0. The van der Waals surface area contributed by atoms with E-state index in [4.69, 9.17) is 23.7 Å². The van der Waals surface area contributed by atoms with Crippen LogP contribution in [-0.2, 0) is 20.7 Å². The number of carbonyl (C=O) groups is 2. The molecule has 0 radical (unpaired) electrons. The average Bonchev–Trinajstić information content (AvgIpc) is 3.04. The Hall–Kier alpha value is -3.50. The maximum atomic E-state index is 12.5. The van der Waals surface area contributed by atoms with E-state index in [2.05, 4.69) is 15.5 Å². The van der Waals surface area contributed by atoms with Gasteiger partial charge in [0.05, 0.1) is 40.6 Å². The van der Waals surface area contributed by atoms with Crippen molar-refractivity contribution >= 4 is 17.7 Å². The number of hydrogen-bond acceptors (Lipinski definition) is 8. The van der Waals surface area contributed by atoms with Crippen LogP contribution in [0.4, 0.5) is 10.5 Å². The predicted octanol–water partition coefficient (Wildman–Crippen LogP) is 3.38. The molecule has 0 bridgehead atoms. The molecule has 1 saturated heterocycles. The first-order chi connectivity index (χ1) is 17.9. The summed E-state index contributed by atoms with van der Waals surface area (Å²) in [5.41, 5.74) is 4.23. The van der Waals surface area contributed by atoms with Crippen LogP contribution in [0, 0.1) is 0 Å². The monoisotopic (exact) mass is 513 g/mol. The van der Waals surface area contributed by atoms with Gasteiger partial charge >= 0.3 is 6.09 Å². The summed E-state index contributed by atoms with van der Waals surface area (Å²) < 4.78 is 27.7. The van der Waals surface area contributed by atoms with Crippen molar-refractivity contribution < 1.29 is 33.3 Å². The van der Waals surface area contributed by atoms with Gasteiger partial charge in [-0.1, -0.05) is 6.07 Å². The number of anilines is 1. The number of methoxy groups -OCH3 is 3. The zero-order chi connectivity index (χ0) is 26.4. The lowest BCUT2D eigenvalue weighted by molar-refractivity contribution is -0.119. The van der Waals surface area contributed by atoms with Crippen molar-refractivity contribution in [1.29, 1.82) is 0 Å². The van der Waals surface area contributed by atoms with Crippen molar-refractivity contribution in [3.63, 3.8) is 0 Å². The Bertz CT molecular complexity index is 1130. The van der Waals surface area contributed by atoms with E-state index in [-0.39, 0.29) is 18.6 Å².